The minimum absolute atomic E-state index is 0.117. The summed E-state index contributed by atoms with van der Waals surface area (Å²) in [6.45, 7) is 1.52. The minimum atomic E-state index is -1.40. The average molecular weight is 327 g/mol. The van der Waals surface area contributed by atoms with Crippen LogP contribution in [-0.4, -0.2) is 5.11 Å². The Bertz CT molecular complexity index is 596. The molecule has 0 amide bonds. The predicted octanol–water partition coefficient (Wildman–Crippen LogP) is 4.18. The molecule has 1 atom stereocenters. The van der Waals surface area contributed by atoms with Gasteiger partial charge < -0.3 is 5.11 Å². The molecule has 0 fully saturated rings. The van der Waals surface area contributed by atoms with Crippen LogP contribution >= 0.6 is 15.9 Å². The second-order valence-electron chi connectivity index (χ2n) is 4.67. The molecule has 0 spiro atoms. The second kappa shape index (κ2) is 5.39. The van der Waals surface area contributed by atoms with Crippen LogP contribution < -0.4 is 0 Å². The van der Waals surface area contributed by atoms with Crippen LogP contribution in [0, 0.1) is 11.6 Å². The molecule has 0 heterocycles. The van der Waals surface area contributed by atoms with Crippen molar-refractivity contribution in [2.24, 2.45) is 0 Å². The van der Waals surface area contributed by atoms with Crippen LogP contribution in [0.15, 0.2) is 46.9 Å². The lowest BCUT2D eigenvalue weighted by atomic mass is 9.89. The van der Waals surface area contributed by atoms with Crippen LogP contribution in [-0.2, 0) is 12.0 Å². The molecule has 2 rings (SSSR count). The zero-order chi connectivity index (χ0) is 14.0. The number of hydrogen-bond acceptors (Lipinski definition) is 1. The van der Waals surface area contributed by atoms with Gasteiger partial charge >= 0.3 is 0 Å². The molecule has 2 aromatic carbocycles. The maximum atomic E-state index is 13.7. The number of rotatable bonds is 3. The maximum Gasteiger partial charge on any atom is 0.129 e. The molecule has 0 aliphatic carbocycles. The van der Waals surface area contributed by atoms with Crippen LogP contribution in [0.5, 0.6) is 0 Å². The van der Waals surface area contributed by atoms with E-state index in [-0.39, 0.29) is 17.8 Å². The van der Waals surface area contributed by atoms with Gasteiger partial charge in [-0.25, -0.2) is 8.78 Å². The normalized spacial score (nSPS) is 14.2. The number of benzene rings is 2. The van der Waals surface area contributed by atoms with Crippen molar-refractivity contribution in [3.05, 3.63) is 69.7 Å². The van der Waals surface area contributed by atoms with E-state index in [1.807, 2.05) is 0 Å². The topological polar surface area (TPSA) is 20.2 Å². The van der Waals surface area contributed by atoms with Crippen LogP contribution in [0.2, 0.25) is 0 Å². The van der Waals surface area contributed by atoms with Crippen molar-refractivity contribution in [2.75, 3.05) is 0 Å². The maximum absolute atomic E-state index is 13.7. The first-order valence-corrected chi connectivity index (χ1v) is 6.61. The molecule has 2 aromatic rings. The van der Waals surface area contributed by atoms with Gasteiger partial charge in [0, 0.05) is 16.5 Å². The summed E-state index contributed by atoms with van der Waals surface area (Å²) in [4.78, 5) is 0. The van der Waals surface area contributed by atoms with Gasteiger partial charge in [0.1, 0.15) is 11.6 Å². The quantitative estimate of drug-likeness (QED) is 0.897. The third kappa shape index (κ3) is 3.19. The molecule has 1 nitrogen and oxygen atoms in total. The van der Waals surface area contributed by atoms with E-state index in [1.54, 1.807) is 18.2 Å². The van der Waals surface area contributed by atoms with Crippen molar-refractivity contribution in [1.29, 1.82) is 0 Å². The average Bonchev–Trinajstić information content (AvgIpc) is 2.34. The van der Waals surface area contributed by atoms with Crippen LogP contribution in [0.3, 0.4) is 0 Å². The Hall–Kier alpha value is -1.26. The summed E-state index contributed by atoms with van der Waals surface area (Å²) in [5, 5.41) is 10.5. The molecule has 1 unspecified atom stereocenters. The lowest BCUT2D eigenvalue weighted by molar-refractivity contribution is 0.0536. The van der Waals surface area contributed by atoms with Gasteiger partial charge in [-0.2, -0.15) is 0 Å². The van der Waals surface area contributed by atoms with E-state index >= 15 is 0 Å². The Kier molecular flexibility index (Phi) is 4.02. The summed E-state index contributed by atoms with van der Waals surface area (Å²) in [5.41, 5.74) is -0.610. The van der Waals surface area contributed by atoms with Gasteiger partial charge in [0.15, 0.2) is 0 Å². The molecule has 0 aromatic heterocycles. The van der Waals surface area contributed by atoms with E-state index in [4.69, 9.17) is 0 Å². The highest BCUT2D eigenvalue weighted by Crippen LogP contribution is 2.30. The molecule has 1 N–H and O–H groups in total. The molecule has 0 saturated carbocycles. The summed E-state index contributed by atoms with van der Waals surface area (Å²) in [7, 11) is 0. The lowest BCUT2D eigenvalue weighted by Crippen LogP contribution is -2.26. The molecular weight excluding hydrogens is 314 g/mol. The summed E-state index contributed by atoms with van der Waals surface area (Å²) in [5.74, 6) is -0.859. The lowest BCUT2D eigenvalue weighted by Gasteiger charge is -2.25. The van der Waals surface area contributed by atoms with Gasteiger partial charge in [-0.1, -0.05) is 34.1 Å². The zero-order valence-corrected chi connectivity index (χ0v) is 11.9. The fourth-order valence-electron chi connectivity index (χ4n) is 2.04. The standard InChI is InChI=1S/C15H13BrF2O/c1-15(19,12-4-2-3-5-14(12)18)9-10-8-11(17)6-7-13(10)16/h2-8,19H,9H2,1H3. The molecule has 19 heavy (non-hydrogen) atoms. The summed E-state index contributed by atoms with van der Waals surface area (Å²) in [6.07, 6.45) is 0.117. The molecule has 4 heteroatoms. The van der Waals surface area contributed by atoms with E-state index in [1.165, 1.54) is 31.2 Å². The van der Waals surface area contributed by atoms with Gasteiger partial charge in [0.25, 0.3) is 0 Å². The van der Waals surface area contributed by atoms with Gasteiger partial charge in [0.2, 0.25) is 0 Å². The van der Waals surface area contributed by atoms with Gasteiger partial charge in [-0.3, -0.25) is 0 Å². The van der Waals surface area contributed by atoms with E-state index in [2.05, 4.69) is 15.9 Å². The third-order valence-electron chi connectivity index (χ3n) is 3.00. The van der Waals surface area contributed by atoms with Crippen molar-refractivity contribution in [3.63, 3.8) is 0 Å². The first kappa shape index (κ1) is 14.2. The van der Waals surface area contributed by atoms with Crippen molar-refractivity contribution in [2.45, 2.75) is 18.9 Å². The molecule has 0 saturated heterocycles. The monoisotopic (exact) mass is 326 g/mol. The first-order chi connectivity index (χ1) is 8.90. The third-order valence-corrected chi connectivity index (χ3v) is 3.77. The SMILES string of the molecule is CC(O)(Cc1cc(F)ccc1Br)c1ccccc1F. The largest absolute Gasteiger partial charge is 0.385 e. The van der Waals surface area contributed by atoms with E-state index in [0.717, 1.165) is 0 Å². The molecular formula is C15H13BrF2O. The Morgan fingerprint density at radius 1 is 1.16 bits per heavy atom. The smallest absolute Gasteiger partial charge is 0.129 e. The van der Waals surface area contributed by atoms with Gasteiger partial charge in [-0.05, 0) is 36.8 Å². The fourth-order valence-corrected chi connectivity index (χ4v) is 2.43. The first-order valence-electron chi connectivity index (χ1n) is 5.81. The highest BCUT2D eigenvalue weighted by atomic mass is 79.9. The van der Waals surface area contributed by atoms with E-state index in [0.29, 0.717) is 10.0 Å². The minimum Gasteiger partial charge on any atom is -0.385 e. The summed E-state index contributed by atoms with van der Waals surface area (Å²) >= 11 is 3.30. The van der Waals surface area contributed by atoms with Gasteiger partial charge in [0.05, 0.1) is 5.60 Å². The van der Waals surface area contributed by atoms with Gasteiger partial charge in [-0.15, -0.1) is 0 Å². The van der Waals surface area contributed by atoms with E-state index < -0.39 is 11.4 Å². The predicted molar refractivity (Wildman–Crippen MR) is 73.8 cm³/mol. The Morgan fingerprint density at radius 2 is 1.84 bits per heavy atom. The van der Waals surface area contributed by atoms with Crippen molar-refractivity contribution in [1.82, 2.24) is 0 Å². The van der Waals surface area contributed by atoms with Crippen LogP contribution in [0.25, 0.3) is 0 Å². The van der Waals surface area contributed by atoms with Crippen LogP contribution in [0.1, 0.15) is 18.1 Å². The Morgan fingerprint density at radius 3 is 2.53 bits per heavy atom. The number of halogens is 3. The van der Waals surface area contributed by atoms with E-state index in [9.17, 15) is 13.9 Å². The highest BCUT2D eigenvalue weighted by molar-refractivity contribution is 9.10. The number of hydrogen-bond donors (Lipinski definition) is 1. The van der Waals surface area contributed by atoms with Crippen molar-refractivity contribution in [3.8, 4) is 0 Å². The second-order valence-corrected chi connectivity index (χ2v) is 5.52. The molecule has 100 valence electrons. The number of aliphatic hydroxyl groups is 1. The highest BCUT2D eigenvalue weighted by Gasteiger charge is 2.27. The van der Waals surface area contributed by atoms with Crippen molar-refractivity contribution >= 4 is 15.9 Å². The van der Waals surface area contributed by atoms with Crippen molar-refractivity contribution < 1.29 is 13.9 Å². The Balaban J connectivity index is 2.36. The fraction of sp³-hybridized carbons (Fsp3) is 0.200. The Labute approximate surface area is 119 Å². The molecule has 0 aliphatic heterocycles. The molecule has 0 bridgehead atoms. The summed E-state index contributed by atoms with van der Waals surface area (Å²) < 4.78 is 27.6. The molecule has 0 radical (unpaired) electrons. The molecule has 0 aliphatic rings. The zero-order valence-electron chi connectivity index (χ0n) is 10.3. The summed E-state index contributed by atoms with van der Waals surface area (Å²) in [6, 6.07) is 10.3. The van der Waals surface area contributed by atoms with Crippen LogP contribution in [0.4, 0.5) is 8.78 Å².